The van der Waals surface area contributed by atoms with Crippen LogP contribution in [0, 0.1) is 17.8 Å². The molecule has 0 radical (unpaired) electrons. The zero-order chi connectivity index (χ0) is 10.4. The fourth-order valence-electron chi connectivity index (χ4n) is 1.41. The minimum absolute atomic E-state index is 0.0639. The SMILES string of the molecule is CCC(C)CC(=O)C(CN)C(C)C. The molecule has 0 aliphatic heterocycles. The zero-order valence-corrected chi connectivity index (χ0v) is 9.34. The van der Waals surface area contributed by atoms with Crippen molar-refractivity contribution in [3.05, 3.63) is 0 Å². The Labute approximate surface area is 81.9 Å². The third-order valence-corrected chi connectivity index (χ3v) is 2.72. The highest BCUT2D eigenvalue weighted by molar-refractivity contribution is 5.81. The maximum Gasteiger partial charge on any atom is 0.137 e. The number of carbonyl (C=O) groups excluding carboxylic acids is 1. The molecule has 2 unspecified atom stereocenters. The Bertz CT molecular complexity index is 154. The molecule has 0 rings (SSSR count). The molecule has 2 atom stereocenters. The molecule has 0 saturated heterocycles. The molecule has 0 spiro atoms. The van der Waals surface area contributed by atoms with Crippen molar-refractivity contribution in [2.45, 2.75) is 40.5 Å². The van der Waals surface area contributed by atoms with Crippen molar-refractivity contribution in [2.24, 2.45) is 23.5 Å². The number of rotatable bonds is 6. The Morgan fingerprint density at radius 2 is 1.85 bits per heavy atom. The molecule has 0 aliphatic carbocycles. The first-order valence-corrected chi connectivity index (χ1v) is 5.25. The fraction of sp³-hybridized carbons (Fsp3) is 0.909. The predicted molar refractivity (Wildman–Crippen MR) is 56.5 cm³/mol. The molecule has 0 bridgehead atoms. The van der Waals surface area contributed by atoms with Gasteiger partial charge in [-0.25, -0.2) is 0 Å². The Morgan fingerprint density at radius 1 is 1.31 bits per heavy atom. The maximum atomic E-state index is 11.7. The molecule has 78 valence electrons. The lowest BCUT2D eigenvalue weighted by Crippen LogP contribution is -2.29. The normalized spacial score (nSPS) is 15.8. The van der Waals surface area contributed by atoms with Gasteiger partial charge in [0.15, 0.2) is 0 Å². The van der Waals surface area contributed by atoms with E-state index in [4.69, 9.17) is 5.73 Å². The van der Waals surface area contributed by atoms with Crippen molar-refractivity contribution < 1.29 is 4.79 Å². The van der Waals surface area contributed by atoms with Crippen LogP contribution in [0.5, 0.6) is 0 Å². The van der Waals surface area contributed by atoms with Crippen molar-refractivity contribution in [1.29, 1.82) is 0 Å². The molecule has 2 nitrogen and oxygen atoms in total. The van der Waals surface area contributed by atoms with Gasteiger partial charge in [0.25, 0.3) is 0 Å². The topological polar surface area (TPSA) is 43.1 Å². The molecular weight excluding hydrogens is 162 g/mol. The van der Waals surface area contributed by atoms with Crippen molar-refractivity contribution in [2.75, 3.05) is 6.54 Å². The van der Waals surface area contributed by atoms with E-state index in [2.05, 4.69) is 27.7 Å². The van der Waals surface area contributed by atoms with Gasteiger partial charge in [-0.15, -0.1) is 0 Å². The summed E-state index contributed by atoms with van der Waals surface area (Å²) in [6.45, 7) is 8.85. The van der Waals surface area contributed by atoms with Gasteiger partial charge in [-0.3, -0.25) is 4.79 Å². The Balaban J connectivity index is 4.06. The molecule has 0 aromatic carbocycles. The molecule has 0 amide bonds. The number of ketones is 1. The summed E-state index contributed by atoms with van der Waals surface area (Å²) in [5.74, 6) is 1.28. The summed E-state index contributed by atoms with van der Waals surface area (Å²) in [7, 11) is 0. The molecule has 0 heterocycles. The molecule has 0 saturated carbocycles. The summed E-state index contributed by atoms with van der Waals surface area (Å²) < 4.78 is 0. The molecular formula is C11H23NO. The summed E-state index contributed by atoms with van der Waals surface area (Å²) in [6, 6.07) is 0. The smallest absolute Gasteiger partial charge is 0.137 e. The Kier molecular flexibility index (Phi) is 5.97. The van der Waals surface area contributed by atoms with Gasteiger partial charge in [-0.1, -0.05) is 34.1 Å². The number of nitrogens with two attached hydrogens (primary N) is 1. The predicted octanol–water partition coefficient (Wildman–Crippen LogP) is 2.22. The first-order valence-electron chi connectivity index (χ1n) is 5.25. The van der Waals surface area contributed by atoms with Crippen LogP contribution in [0.4, 0.5) is 0 Å². The van der Waals surface area contributed by atoms with Gasteiger partial charge in [0.2, 0.25) is 0 Å². The van der Waals surface area contributed by atoms with E-state index >= 15 is 0 Å². The second-order valence-electron chi connectivity index (χ2n) is 4.27. The van der Waals surface area contributed by atoms with E-state index in [9.17, 15) is 4.79 Å². The summed E-state index contributed by atoms with van der Waals surface area (Å²) in [5, 5.41) is 0. The van der Waals surface area contributed by atoms with Gasteiger partial charge in [-0.2, -0.15) is 0 Å². The highest BCUT2D eigenvalue weighted by Crippen LogP contribution is 2.17. The molecule has 0 aromatic heterocycles. The van der Waals surface area contributed by atoms with E-state index in [1.807, 2.05) is 0 Å². The molecule has 0 aliphatic rings. The average molecular weight is 185 g/mol. The van der Waals surface area contributed by atoms with Gasteiger partial charge < -0.3 is 5.73 Å². The number of hydrogen-bond acceptors (Lipinski definition) is 2. The highest BCUT2D eigenvalue weighted by Gasteiger charge is 2.21. The van der Waals surface area contributed by atoms with Crippen LogP contribution in [0.3, 0.4) is 0 Å². The van der Waals surface area contributed by atoms with Crippen molar-refractivity contribution in [3.8, 4) is 0 Å². The van der Waals surface area contributed by atoms with E-state index in [0.717, 1.165) is 6.42 Å². The summed E-state index contributed by atoms with van der Waals surface area (Å²) >= 11 is 0. The lowest BCUT2D eigenvalue weighted by atomic mass is 9.87. The summed E-state index contributed by atoms with van der Waals surface area (Å²) in [6.07, 6.45) is 1.76. The first kappa shape index (κ1) is 12.6. The van der Waals surface area contributed by atoms with Crippen molar-refractivity contribution in [1.82, 2.24) is 0 Å². The maximum absolute atomic E-state index is 11.7. The lowest BCUT2D eigenvalue weighted by Gasteiger charge is -2.19. The molecule has 2 heteroatoms. The first-order chi connectivity index (χ1) is 6.02. The third kappa shape index (κ3) is 4.41. The minimum Gasteiger partial charge on any atom is -0.330 e. The van der Waals surface area contributed by atoms with E-state index in [0.29, 0.717) is 30.6 Å². The Hall–Kier alpha value is -0.370. The van der Waals surface area contributed by atoms with Gasteiger partial charge >= 0.3 is 0 Å². The Morgan fingerprint density at radius 3 is 2.15 bits per heavy atom. The number of Topliss-reactive ketones (excluding diaryl/α,β-unsaturated/α-hetero) is 1. The molecule has 0 fully saturated rings. The largest absolute Gasteiger partial charge is 0.330 e. The molecule has 0 aromatic rings. The third-order valence-electron chi connectivity index (χ3n) is 2.72. The monoisotopic (exact) mass is 185 g/mol. The quantitative estimate of drug-likeness (QED) is 0.689. The van der Waals surface area contributed by atoms with Crippen LogP contribution >= 0.6 is 0 Å². The second kappa shape index (κ2) is 6.14. The van der Waals surface area contributed by atoms with Crippen molar-refractivity contribution >= 4 is 5.78 Å². The summed E-state index contributed by atoms with van der Waals surface area (Å²) in [5.41, 5.74) is 5.57. The van der Waals surface area contributed by atoms with Crippen LogP contribution in [0.1, 0.15) is 40.5 Å². The standard InChI is InChI=1S/C11H23NO/c1-5-9(4)6-11(13)10(7-12)8(2)3/h8-10H,5-7,12H2,1-4H3. The van der Waals surface area contributed by atoms with E-state index in [-0.39, 0.29) is 5.92 Å². The number of hydrogen-bond donors (Lipinski definition) is 1. The van der Waals surface area contributed by atoms with E-state index < -0.39 is 0 Å². The van der Waals surface area contributed by atoms with Gasteiger partial charge in [-0.05, 0) is 11.8 Å². The summed E-state index contributed by atoms with van der Waals surface area (Å²) in [4.78, 5) is 11.7. The van der Waals surface area contributed by atoms with Crippen LogP contribution in [-0.4, -0.2) is 12.3 Å². The van der Waals surface area contributed by atoms with Crippen LogP contribution < -0.4 is 5.73 Å². The van der Waals surface area contributed by atoms with Gasteiger partial charge in [0, 0.05) is 18.9 Å². The molecule has 2 N–H and O–H groups in total. The van der Waals surface area contributed by atoms with Crippen LogP contribution in [0.25, 0.3) is 0 Å². The zero-order valence-electron chi connectivity index (χ0n) is 9.34. The van der Waals surface area contributed by atoms with Gasteiger partial charge in [0.1, 0.15) is 5.78 Å². The second-order valence-corrected chi connectivity index (χ2v) is 4.27. The number of carbonyl (C=O) groups is 1. The van der Waals surface area contributed by atoms with Crippen LogP contribution in [-0.2, 0) is 4.79 Å². The minimum atomic E-state index is 0.0639. The van der Waals surface area contributed by atoms with Crippen LogP contribution in [0.15, 0.2) is 0 Å². The fourth-order valence-corrected chi connectivity index (χ4v) is 1.41. The lowest BCUT2D eigenvalue weighted by molar-refractivity contribution is -0.124. The van der Waals surface area contributed by atoms with Crippen molar-refractivity contribution in [3.63, 3.8) is 0 Å². The van der Waals surface area contributed by atoms with E-state index in [1.54, 1.807) is 0 Å². The van der Waals surface area contributed by atoms with Gasteiger partial charge in [0.05, 0.1) is 0 Å². The van der Waals surface area contributed by atoms with E-state index in [1.165, 1.54) is 0 Å². The molecule has 13 heavy (non-hydrogen) atoms. The highest BCUT2D eigenvalue weighted by atomic mass is 16.1. The average Bonchev–Trinajstić information content (AvgIpc) is 2.04. The van der Waals surface area contributed by atoms with Crippen LogP contribution in [0.2, 0.25) is 0 Å².